The standard InChI is InChI=1S/C12H16O4/c1-7(2)10-12(16-11(3,4)15-10)8(13)5-6-9(12)14/h5-7,10H,1-4H3. The SMILES string of the molecule is CC(C)C1OC(C)(C)OC12C(=O)C=CC2=O. The zero-order valence-electron chi connectivity index (χ0n) is 9.94. The molecule has 0 amide bonds. The highest BCUT2D eigenvalue weighted by Crippen LogP contribution is 2.43. The van der Waals surface area contributed by atoms with E-state index >= 15 is 0 Å². The Hall–Kier alpha value is -1.00. The van der Waals surface area contributed by atoms with Crippen molar-refractivity contribution < 1.29 is 19.1 Å². The Morgan fingerprint density at radius 2 is 1.69 bits per heavy atom. The van der Waals surface area contributed by atoms with Gasteiger partial charge in [0.1, 0.15) is 6.10 Å². The van der Waals surface area contributed by atoms with Crippen LogP contribution in [-0.4, -0.2) is 29.1 Å². The van der Waals surface area contributed by atoms with E-state index < -0.39 is 17.5 Å². The number of ether oxygens (including phenoxy) is 2. The van der Waals surface area contributed by atoms with Gasteiger partial charge in [0, 0.05) is 0 Å². The summed E-state index contributed by atoms with van der Waals surface area (Å²) in [6.45, 7) is 7.26. The predicted molar refractivity (Wildman–Crippen MR) is 56.8 cm³/mol. The van der Waals surface area contributed by atoms with E-state index in [0.29, 0.717) is 0 Å². The van der Waals surface area contributed by atoms with Crippen LogP contribution in [0.3, 0.4) is 0 Å². The van der Waals surface area contributed by atoms with Crippen LogP contribution in [0.5, 0.6) is 0 Å². The van der Waals surface area contributed by atoms with Crippen molar-refractivity contribution in [3.8, 4) is 0 Å². The molecule has 1 aliphatic heterocycles. The molecule has 16 heavy (non-hydrogen) atoms. The first-order chi connectivity index (χ1) is 7.29. The van der Waals surface area contributed by atoms with Gasteiger partial charge in [-0.2, -0.15) is 0 Å². The molecule has 2 rings (SSSR count). The molecule has 0 N–H and O–H groups in total. The van der Waals surface area contributed by atoms with Crippen molar-refractivity contribution >= 4 is 11.6 Å². The number of carbonyl (C=O) groups excluding carboxylic acids is 2. The van der Waals surface area contributed by atoms with Crippen LogP contribution < -0.4 is 0 Å². The summed E-state index contributed by atoms with van der Waals surface area (Å²) in [4.78, 5) is 23.8. The second kappa shape index (κ2) is 3.25. The lowest BCUT2D eigenvalue weighted by Crippen LogP contribution is -2.52. The van der Waals surface area contributed by atoms with Crippen LogP contribution in [0.4, 0.5) is 0 Å². The fourth-order valence-corrected chi connectivity index (χ4v) is 2.37. The average molecular weight is 224 g/mol. The summed E-state index contributed by atoms with van der Waals surface area (Å²) < 4.78 is 11.3. The molecule has 1 aliphatic carbocycles. The maximum atomic E-state index is 11.9. The van der Waals surface area contributed by atoms with Gasteiger partial charge in [-0.25, -0.2) is 0 Å². The summed E-state index contributed by atoms with van der Waals surface area (Å²) in [6.07, 6.45) is 2.04. The molecule has 1 heterocycles. The highest BCUT2D eigenvalue weighted by atomic mass is 16.8. The Bertz CT molecular complexity index is 360. The van der Waals surface area contributed by atoms with Gasteiger partial charge < -0.3 is 9.47 Å². The van der Waals surface area contributed by atoms with Gasteiger partial charge in [-0.05, 0) is 31.9 Å². The maximum Gasteiger partial charge on any atom is 0.221 e. The number of rotatable bonds is 1. The Labute approximate surface area is 94.6 Å². The molecule has 1 saturated heterocycles. The molecule has 2 aliphatic rings. The Morgan fingerprint density at radius 3 is 2.12 bits per heavy atom. The summed E-state index contributed by atoms with van der Waals surface area (Å²) >= 11 is 0. The van der Waals surface area contributed by atoms with E-state index in [9.17, 15) is 9.59 Å². The number of hydrogen-bond acceptors (Lipinski definition) is 4. The van der Waals surface area contributed by atoms with E-state index in [1.165, 1.54) is 12.2 Å². The summed E-state index contributed by atoms with van der Waals surface area (Å²) in [5.41, 5.74) is -1.43. The molecular weight excluding hydrogens is 208 g/mol. The van der Waals surface area contributed by atoms with Crippen molar-refractivity contribution in [1.29, 1.82) is 0 Å². The molecule has 4 nitrogen and oxygen atoms in total. The van der Waals surface area contributed by atoms with Gasteiger partial charge in [0.2, 0.25) is 5.60 Å². The van der Waals surface area contributed by atoms with Crippen LogP contribution in [0, 0.1) is 5.92 Å². The van der Waals surface area contributed by atoms with E-state index in [2.05, 4.69) is 0 Å². The molecule has 0 aromatic carbocycles. The molecule has 1 spiro atoms. The molecule has 0 aromatic heterocycles. The van der Waals surface area contributed by atoms with Crippen molar-refractivity contribution in [1.82, 2.24) is 0 Å². The third kappa shape index (κ3) is 1.37. The van der Waals surface area contributed by atoms with E-state index in [0.717, 1.165) is 0 Å². The van der Waals surface area contributed by atoms with Crippen molar-refractivity contribution in [2.45, 2.75) is 45.2 Å². The van der Waals surface area contributed by atoms with Gasteiger partial charge in [-0.1, -0.05) is 13.8 Å². The Balaban J connectivity index is 2.46. The van der Waals surface area contributed by atoms with Crippen molar-refractivity contribution in [3.05, 3.63) is 12.2 Å². The highest BCUT2D eigenvalue weighted by molar-refractivity contribution is 6.26. The molecule has 1 atom stereocenters. The first-order valence-corrected chi connectivity index (χ1v) is 5.44. The third-order valence-corrected chi connectivity index (χ3v) is 2.94. The number of ketones is 2. The molecule has 0 bridgehead atoms. The fourth-order valence-electron chi connectivity index (χ4n) is 2.37. The molecule has 1 fully saturated rings. The second-order valence-electron chi connectivity index (χ2n) is 5.08. The zero-order valence-corrected chi connectivity index (χ0v) is 9.94. The van der Waals surface area contributed by atoms with Gasteiger partial charge in [0.05, 0.1) is 0 Å². The Kier molecular flexibility index (Phi) is 2.33. The Morgan fingerprint density at radius 1 is 1.19 bits per heavy atom. The second-order valence-corrected chi connectivity index (χ2v) is 5.08. The van der Waals surface area contributed by atoms with Gasteiger partial charge in [-0.3, -0.25) is 9.59 Å². The van der Waals surface area contributed by atoms with Crippen molar-refractivity contribution in [2.24, 2.45) is 5.92 Å². The van der Waals surface area contributed by atoms with Crippen LogP contribution in [0.25, 0.3) is 0 Å². The van der Waals surface area contributed by atoms with Crippen LogP contribution in [-0.2, 0) is 19.1 Å². The maximum absolute atomic E-state index is 11.9. The fraction of sp³-hybridized carbons (Fsp3) is 0.667. The first kappa shape index (κ1) is 11.5. The molecule has 0 radical (unpaired) electrons. The van der Waals surface area contributed by atoms with E-state index in [4.69, 9.17) is 9.47 Å². The summed E-state index contributed by atoms with van der Waals surface area (Å²) in [5.74, 6) is -1.47. The van der Waals surface area contributed by atoms with Crippen LogP contribution >= 0.6 is 0 Å². The van der Waals surface area contributed by atoms with Crippen molar-refractivity contribution in [3.63, 3.8) is 0 Å². The molecule has 0 aromatic rings. The normalized spacial score (nSPS) is 30.9. The minimum Gasteiger partial charge on any atom is -0.343 e. The van der Waals surface area contributed by atoms with Crippen LogP contribution in [0.15, 0.2) is 12.2 Å². The van der Waals surface area contributed by atoms with Gasteiger partial charge >= 0.3 is 0 Å². The lowest BCUT2D eigenvalue weighted by atomic mass is 9.85. The van der Waals surface area contributed by atoms with Crippen LogP contribution in [0.2, 0.25) is 0 Å². The number of carbonyl (C=O) groups is 2. The van der Waals surface area contributed by atoms with Gasteiger partial charge in [0.25, 0.3) is 0 Å². The lowest BCUT2D eigenvalue weighted by Gasteiger charge is -2.27. The summed E-state index contributed by atoms with van der Waals surface area (Å²) in [7, 11) is 0. The monoisotopic (exact) mass is 224 g/mol. The minimum atomic E-state index is -1.43. The molecule has 4 heteroatoms. The van der Waals surface area contributed by atoms with Crippen LogP contribution in [0.1, 0.15) is 27.7 Å². The lowest BCUT2D eigenvalue weighted by molar-refractivity contribution is -0.173. The molecule has 0 saturated carbocycles. The smallest absolute Gasteiger partial charge is 0.221 e. The zero-order chi connectivity index (χ0) is 12.1. The summed E-state index contributed by atoms with van der Waals surface area (Å²) in [6, 6.07) is 0. The highest BCUT2D eigenvalue weighted by Gasteiger charge is 2.63. The summed E-state index contributed by atoms with van der Waals surface area (Å²) in [5, 5.41) is 0. The topological polar surface area (TPSA) is 52.6 Å². The third-order valence-electron chi connectivity index (χ3n) is 2.94. The quantitative estimate of drug-likeness (QED) is 0.629. The van der Waals surface area contributed by atoms with Gasteiger partial charge in [0.15, 0.2) is 17.4 Å². The van der Waals surface area contributed by atoms with E-state index in [1.807, 2.05) is 13.8 Å². The van der Waals surface area contributed by atoms with E-state index in [-0.39, 0.29) is 17.5 Å². The molecule has 88 valence electrons. The van der Waals surface area contributed by atoms with Gasteiger partial charge in [-0.15, -0.1) is 0 Å². The predicted octanol–water partition coefficient (Wildman–Crippen LogP) is 1.24. The van der Waals surface area contributed by atoms with Crippen molar-refractivity contribution in [2.75, 3.05) is 0 Å². The minimum absolute atomic E-state index is 0.0366. The molecule has 1 unspecified atom stereocenters. The van der Waals surface area contributed by atoms with E-state index in [1.54, 1.807) is 13.8 Å². The number of hydrogen-bond donors (Lipinski definition) is 0. The largest absolute Gasteiger partial charge is 0.343 e. The average Bonchev–Trinajstić information content (AvgIpc) is 2.59. The molecular formula is C12H16O4. The first-order valence-electron chi connectivity index (χ1n) is 5.44.